The number of carboxylic acids is 1. The molecule has 2 aromatic heterocycles. The number of carboxylic acid groups (broad SMARTS) is 1. The summed E-state index contributed by atoms with van der Waals surface area (Å²) in [6, 6.07) is 2.99. The van der Waals surface area contributed by atoms with Crippen LogP contribution in [0.15, 0.2) is 12.1 Å². The molecule has 1 aromatic carbocycles. The Morgan fingerprint density at radius 1 is 1.26 bits per heavy atom. The summed E-state index contributed by atoms with van der Waals surface area (Å²) in [5.74, 6) is -1.39. The van der Waals surface area contributed by atoms with Crippen molar-refractivity contribution in [2.24, 2.45) is 0 Å². The molecule has 0 radical (unpaired) electrons. The number of amides is 1. The molecule has 1 unspecified atom stereocenters. The van der Waals surface area contributed by atoms with E-state index in [1.165, 1.54) is 10.6 Å². The SMILES string of the molecule is CCCCCC(=O)Nc1cc2nc(C)c(C(OC(C)(C)C)C(=O)O)c(-c3cc(F)c4c(c3C)CCCO4)n2n1. The predicted octanol–water partition coefficient (Wildman–Crippen LogP) is 5.94. The Hall–Kier alpha value is -3.53. The fourth-order valence-electron chi connectivity index (χ4n) is 5.00. The molecule has 1 aliphatic rings. The second-order valence-electron chi connectivity index (χ2n) is 11.0. The van der Waals surface area contributed by atoms with E-state index < -0.39 is 23.5 Å². The van der Waals surface area contributed by atoms with E-state index in [1.807, 2.05) is 6.92 Å². The maximum atomic E-state index is 15.4. The van der Waals surface area contributed by atoms with Crippen LogP contribution >= 0.6 is 0 Å². The van der Waals surface area contributed by atoms with Gasteiger partial charge in [-0.05, 0) is 65.5 Å². The van der Waals surface area contributed by atoms with E-state index in [1.54, 1.807) is 33.8 Å². The fraction of sp³-hybridized carbons (Fsp3) is 0.517. The van der Waals surface area contributed by atoms with Crippen LogP contribution in [-0.2, 0) is 20.7 Å². The lowest BCUT2D eigenvalue weighted by Gasteiger charge is -2.28. The summed E-state index contributed by atoms with van der Waals surface area (Å²) in [5.41, 5.74) is 2.60. The van der Waals surface area contributed by atoms with Crippen LogP contribution in [0.4, 0.5) is 10.2 Å². The summed E-state index contributed by atoms with van der Waals surface area (Å²) < 4.78 is 28.5. The van der Waals surface area contributed by atoms with Crippen LogP contribution in [-0.4, -0.2) is 43.8 Å². The number of hydrogen-bond acceptors (Lipinski definition) is 6. The van der Waals surface area contributed by atoms with E-state index in [9.17, 15) is 14.7 Å². The average molecular weight is 541 g/mol. The third-order valence-electron chi connectivity index (χ3n) is 6.75. The van der Waals surface area contributed by atoms with E-state index in [2.05, 4.69) is 22.3 Å². The van der Waals surface area contributed by atoms with Gasteiger partial charge < -0.3 is 19.9 Å². The third kappa shape index (κ3) is 6.06. The minimum absolute atomic E-state index is 0.169. The highest BCUT2D eigenvalue weighted by Gasteiger charge is 2.34. The molecule has 9 nitrogen and oxygen atoms in total. The number of halogens is 1. The maximum Gasteiger partial charge on any atom is 0.337 e. The molecule has 3 aromatic rings. The minimum Gasteiger partial charge on any atom is -0.490 e. The van der Waals surface area contributed by atoms with Crippen LogP contribution in [0, 0.1) is 19.7 Å². The first-order valence-corrected chi connectivity index (χ1v) is 13.5. The van der Waals surface area contributed by atoms with Gasteiger partial charge in [-0.15, -0.1) is 5.10 Å². The number of unbranched alkanes of at least 4 members (excludes halogenated alkanes) is 2. The smallest absolute Gasteiger partial charge is 0.337 e. The molecule has 39 heavy (non-hydrogen) atoms. The lowest BCUT2D eigenvalue weighted by molar-refractivity contribution is -0.160. The Labute approximate surface area is 227 Å². The van der Waals surface area contributed by atoms with Crippen LogP contribution in [0.1, 0.15) is 88.3 Å². The van der Waals surface area contributed by atoms with Crippen molar-refractivity contribution in [3.8, 4) is 17.0 Å². The van der Waals surface area contributed by atoms with Gasteiger partial charge in [-0.2, -0.15) is 0 Å². The molecule has 2 N–H and O–H groups in total. The molecule has 0 bridgehead atoms. The van der Waals surface area contributed by atoms with Crippen LogP contribution in [0.25, 0.3) is 16.9 Å². The zero-order valence-corrected chi connectivity index (χ0v) is 23.5. The lowest BCUT2D eigenvalue weighted by atomic mass is 9.91. The zero-order chi connectivity index (χ0) is 28.5. The summed E-state index contributed by atoms with van der Waals surface area (Å²) in [4.78, 5) is 29.7. The molecule has 210 valence electrons. The molecular formula is C29H37FN4O5. The molecule has 0 fully saturated rings. The van der Waals surface area contributed by atoms with Crippen LogP contribution in [0.3, 0.4) is 0 Å². The van der Waals surface area contributed by atoms with Crippen molar-refractivity contribution in [1.29, 1.82) is 0 Å². The summed E-state index contributed by atoms with van der Waals surface area (Å²) in [7, 11) is 0. The molecule has 10 heteroatoms. The molecule has 1 atom stereocenters. The molecule has 1 aliphatic heterocycles. The van der Waals surface area contributed by atoms with Crippen molar-refractivity contribution in [2.45, 2.75) is 91.8 Å². The summed E-state index contributed by atoms with van der Waals surface area (Å²) in [6.07, 6.45) is 3.06. The number of nitrogens with one attached hydrogen (secondary N) is 1. The van der Waals surface area contributed by atoms with Crippen molar-refractivity contribution in [1.82, 2.24) is 14.6 Å². The zero-order valence-electron chi connectivity index (χ0n) is 23.5. The molecule has 0 saturated heterocycles. The van der Waals surface area contributed by atoms with E-state index in [-0.39, 0.29) is 23.0 Å². The number of anilines is 1. The number of nitrogens with zero attached hydrogens (tertiary/aromatic N) is 3. The van der Waals surface area contributed by atoms with Gasteiger partial charge in [-0.3, -0.25) is 4.79 Å². The molecule has 4 rings (SSSR count). The summed E-state index contributed by atoms with van der Waals surface area (Å²) in [5, 5.41) is 17.7. The fourth-order valence-corrected chi connectivity index (χ4v) is 5.00. The van der Waals surface area contributed by atoms with Gasteiger partial charge in [0.05, 0.1) is 17.9 Å². The van der Waals surface area contributed by atoms with Crippen molar-refractivity contribution < 1.29 is 28.6 Å². The number of aromatic nitrogens is 3. The van der Waals surface area contributed by atoms with Gasteiger partial charge in [0, 0.05) is 34.9 Å². The highest BCUT2D eigenvalue weighted by atomic mass is 19.1. The van der Waals surface area contributed by atoms with Gasteiger partial charge in [-0.1, -0.05) is 19.8 Å². The van der Waals surface area contributed by atoms with Gasteiger partial charge in [0.25, 0.3) is 0 Å². The van der Waals surface area contributed by atoms with E-state index >= 15 is 4.39 Å². The Balaban J connectivity index is 1.96. The Kier molecular flexibility index (Phi) is 8.25. The van der Waals surface area contributed by atoms with Gasteiger partial charge in [-0.25, -0.2) is 18.7 Å². The number of fused-ring (bicyclic) bond motifs is 2. The Bertz CT molecular complexity index is 1410. The van der Waals surface area contributed by atoms with Crippen LogP contribution < -0.4 is 10.1 Å². The third-order valence-corrected chi connectivity index (χ3v) is 6.75. The number of carbonyl (C=O) groups excluding carboxylic acids is 1. The number of benzene rings is 1. The first-order chi connectivity index (χ1) is 18.4. The molecule has 0 aliphatic carbocycles. The Morgan fingerprint density at radius 2 is 2.00 bits per heavy atom. The highest BCUT2D eigenvalue weighted by molar-refractivity contribution is 5.90. The number of hydrogen-bond donors (Lipinski definition) is 2. The Morgan fingerprint density at radius 3 is 2.67 bits per heavy atom. The van der Waals surface area contributed by atoms with Gasteiger partial charge in [0.15, 0.2) is 29.1 Å². The van der Waals surface area contributed by atoms with Crippen molar-refractivity contribution in [3.05, 3.63) is 40.3 Å². The van der Waals surface area contributed by atoms with Crippen molar-refractivity contribution >= 4 is 23.3 Å². The molecule has 0 spiro atoms. The van der Waals surface area contributed by atoms with Crippen molar-refractivity contribution in [3.63, 3.8) is 0 Å². The number of aryl methyl sites for hydroxylation is 1. The molecular weight excluding hydrogens is 503 g/mol. The van der Waals surface area contributed by atoms with E-state index in [0.29, 0.717) is 42.0 Å². The standard InChI is InChI=1S/C29H37FN4O5/c1-7-8-9-12-23(35)32-21-15-22-31-17(3)24(27(28(36)37)39-29(4,5)6)25(34(22)33-21)19-14-20(30)26-18(16(19)2)11-10-13-38-26/h14-15,27H,7-13H2,1-6H3,(H,36,37)(H,32,33,35). The molecule has 0 saturated carbocycles. The second-order valence-corrected chi connectivity index (χ2v) is 11.0. The van der Waals surface area contributed by atoms with Gasteiger partial charge >= 0.3 is 5.97 Å². The first-order valence-electron chi connectivity index (χ1n) is 13.5. The summed E-state index contributed by atoms with van der Waals surface area (Å²) >= 11 is 0. The average Bonchev–Trinajstić information content (AvgIpc) is 3.25. The topological polar surface area (TPSA) is 115 Å². The van der Waals surface area contributed by atoms with Crippen molar-refractivity contribution in [2.75, 3.05) is 11.9 Å². The number of carbonyl (C=O) groups is 2. The second kappa shape index (κ2) is 11.3. The van der Waals surface area contributed by atoms with Crippen LogP contribution in [0.5, 0.6) is 5.75 Å². The predicted molar refractivity (Wildman–Crippen MR) is 146 cm³/mol. The van der Waals surface area contributed by atoms with E-state index in [0.717, 1.165) is 36.8 Å². The normalized spacial score (nSPS) is 14.1. The van der Waals surface area contributed by atoms with Crippen LogP contribution in [0.2, 0.25) is 0 Å². The number of ether oxygens (including phenoxy) is 2. The highest BCUT2D eigenvalue weighted by Crippen LogP contribution is 2.41. The maximum absolute atomic E-state index is 15.4. The number of rotatable bonds is 9. The molecule has 3 heterocycles. The minimum atomic E-state index is -1.40. The van der Waals surface area contributed by atoms with E-state index in [4.69, 9.17) is 9.47 Å². The quantitative estimate of drug-likeness (QED) is 0.323. The monoisotopic (exact) mass is 540 g/mol. The summed E-state index contributed by atoms with van der Waals surface area (Å²) in [6.45, 7) is 11.4. The van der Waals surface area contributed by atoms with Gasteiger partial charge in [0.1, 0.15) is 0 Å². The number of aliphatic carboxylic acids is 1. The first kappa shape index (κ1) is 28.5. The van der Waals surface area contributed by atoms with Gasteiger partial charge in [0.2, 0.25) is 5.91 Å². The molecule has 1 amide bonds. The largest absolute Gasteiger partial charge is 0.490 e. The lowest BCUT2D eigenvalue weighted by Crippen LogP contribution is -2.29.